The molecule has 5 radical (unpaired) electrons. The van der Waals surface area contributed by atoms with E-state index in [1.165, 1.54) is 17.9 Å². The molecule has 231 valence electrons. The lowest BCUT2D eigenvalue weighted by molar-refractivity contribution is -0.214. The Morgan fingerprint density at radius 3 is 2.31 bits per heavy atom. The molecule has 0 unspecified atom stereocenters. The van der Waals surface area contributed by atoms with E-state index in [2.05, 4.69) is 67.4 Å². The fourth-order valence-corrected chi connectivity index (χ4v) is 12.1. The molecule has 0 aliphatic heterocycles. The van der Waals surface area contributed by atoms with Crippen molar-refractivity contribution in [2.75, 3.05) is 0 Å². The third kappa shape index (κ3) is 4.25. The van der Waals surface area contributed by atoms with Gasteiger partial charge < -0.3 is 9.84 Å². The summed E-state index contributed by atoms with van der Waals surface area (Å²) in [6.45, 7) is 17.1. The Hall–Kier alpha value is -1.32. The maximum atomic E-state index is 13.0. The van der Waals surface area contributed by atoms with E-state index in [0.717, 1.165) is 57.8 Å². The van der Waals surface area contributed by atoms with E-state index >= 15 is 0 Å². The number of rotatable bonds is 5. The van der Waals surface area contributed by atoms with Gasteiger partial charge in [-0.05, 0) is 142 Å². The minimum atomic E-state index is -0.589. The van der Waals surface area contributed by atoms with Crippen LogP contribution in [0.25, 0.3) is 0 Å². The van der Waals surface area contributed by atoms with Crippen LogP contribution in [0.5, 0.6) is 0 Å². The van der Waals surface area contributed by atoms with Crippen LogP contribution in [-0.4, -0.2) is 23.1 Å². The van der Waals surface area contributed by atoms with Crippen molar-refractivity contribution >= 4 is 11.9 Å². The van der Waals surface area contributed by atoms with E-state index in [9.17, 15) is 14.7 Å². The molecule has 1 N–H and O–H groups in total. The van der Waals surface area contributed by atoms with Crippen LogP contribution in [-0.2, 0) is 14.3 Å². The first-order valence-corrected chi connectivity index (χ1v) is 17.0. The number of carbonyl (C=O) groups excluding carboxylic acids is 1. The quantitative estimate of drug-likeness (QED) is 0.263. The van der Waals surface area contributed by atoms with Crippen LogP contribution in [0.3, 0.4) is 0 Å². The summed E-state index contributed by atoms with van der Waals surface area (Å²) >= 11 is 0. The van der Waals surface area contributed by atoms with E-state index in [-0.39, 0.29) is 39.7 Å². The van der Waals surface area contributed by atoms with E-state index < -0.39 is 11.4 Å². The van der Waals surface area contributed by atoms with Gasteiger partial charge in [-0.25, -0.2) is 0 Å². The molecular formula is C38H55O4. The fraction of sp³-hybridized carbons (Fsp3) is 0.763. The van der Waals surface area contributed by atoms with Gasteiger partial charge >= 0.3 is 11.9 Å². The molecule has 0 saturated heterocycles. The number of hydrogen-bond acceptors (Lipinski definition) is 3. The predicted octanol–water partition coefficient (Wildman–Crippen LogP) is 8.83. The van der Waals surface area contributed by atoms with E-state index in [1.54, 1.807) is 0 Å². The molecule has 4 nitrogen and oxygen atoms in total. The molecule has 0 heterocycles. The average Bonchev–Trinajstić information content (AvgIpc) is 3.45. The summed E-state index contributed by atoms with van der Waals surface area (Å²) in [5.74, 6) is 2.76. The molecular weight excluding hydrogens is 520 g/mol. The van der Waals surface area contributed by atoms with Crippen molar-refractivity contribution in [1.29, 1.82) is 0 Å². The molecule has 0 aromatic rings. The SMILES string of the molecule is C[C@H]1[C@H](C)CC[C@]2(C(=O)O)CC[C@]3(C)C(=CC[C@@H]4[C@@]5(C)CC[C@H](OC(=O)CC[C]6[CH][CH][CH][CH]6)C(C)(C)[C@@H]5CC[C@]43C)[C@H]12. The molecule has 0 aromatic carbocycles. The van der Waals surface area contributed by atoms with Crippen LogP contribution in [0.1, 0.15) is 119 Å². The molecule has 6 aliphatic rings. The van der Waals surface area contributed by atoms with Gasteiger partial charge in [0.1, 0.15) is 6.10 Å². The van der Waals surface area contributed by atoms with Gasteiger partial charge in [0.15, 0.2) is 0 Å². The summed E-state index contributed by atoms with van der Waals surface area (Å²) in [6, 6.07) is 0. The van der Waals surface area contributed by atoms with Crippen molar-refractivity contribution in [3.63, 3.8) is 0 Å². The Morgan fingerprint density at radius 2 is 1.62 bits per heavy atom. The van der Waals surface area contributed by atoms with Crippen LogP contribution in [0.4, 0.5) is 0 Å². The molecule has 4 heteroatoms. The van der Waals surface area contributed by atoms with Crippen LogP contribution in [0, 0.1) is 88.3 Å². The molecule has 0 amide bonds. The molecule has 42 heavy (non-hydrogen) atoms. The Morgan fingerprint density at radius 1 is 0.905 bits per heavy atom. The monoisotopic (exact) mass is 575 g/mol. The maximum Gasteiger partial charge on any atom is 0.310 e. The minimum absolute atomic E-state index is 0.0344. The van der Waals surface area contributed by atoms with Gasteiger partial charge in [-0.2, -0.15) is 0 Å². The number of allylic oxidation sites excluding steroid dienone is 2. The lowest BCUT2D eigenvalue weighted by Crippen LogP contribution is -2.65. The Kier molecular flexibility index (Phi) is 7.58. The first-order chi connectivity index (χ1) is 19.7. The number of carboxylic acid groups (broad SMARTS) is 1. The first-order valence-electron chi connectivity index (χ1n) is 17.0. The van der Waals surface area contributed by atoms with Gasteiger partial charge in [-0.3, -0.25) is 9.59 Å². The van der Waals surface area contributed by atoms with Crippen LogP contribution in [0.15, 0.2) is 11.6 Å². The topological polar surface area (TPSA) is 63.6 Å². The highest BCUT2D eigenvalue weighted by Gasteiger charge is 2.69. The Bertz CT molecular complexity index is 1120. The zero-order valence-corrected chi connectivity index (χ0v) is 27.3. The van der Waals surface area contributed by atoms with Gasteiger partial charge in [0.2, 0.25) is 0 Å². The summed E-state index contributed by atoms with van der Waals surface area (Å²) in [7, 11) is 0. The van der Waals surface area contributed by atoms with Crippen LogP contribution >= 0.6 is 0 Å². The third-order valence-corrected chi connectivity index (χ3v) is 15.0. The second-order valence-electron chi connectivity index (χ2n) is 16.7. The summed E-state index contributed by atoms with van der Waals surface area (Å²) in [5.41, 5.74) is 1.19. The van der Waals surface area contributed by atoms with Crippen LogP contribution in [0.2, 0.25) is 0 Å². The van der Waals surface area contributed by atoms with E-state index in [1.807, 2.05) is 12.8 Å². The maximum absolute atomic E-state index is 13.0. The third-order valence-electron chi connectivity index (χ3n) is 15.0. The van der Waals surface area contributed by atoms with Crippen molar-refractivity contribution in [3.8, 4) is 0 Å². The molecule has 6 aliphatic carbocycles. The van der Waals surface area contributed by atoms with Crippen LogP contribution < -0.4 is 0 Å². The first kappa shape index (κ1) is 30.7. The lowest BCUT2D eigenvalue weighted by atomic mass is 9.33. The van der Waals surface area contributed by atoms with Crippen molar-refractivity contribution in [3.05, 3.63) is 43.3 Å². The number of fused-ring (bicyclic) bond motifs is 7. The highest BCUT2D eigenvalue weighted by Crippen LogP contribution is 2.75. The Labute approximate surface area is 256 Å². The second-order valence-corrected chi connectivity index (χ2v) is 16.7. The molecule has 0 spiro atoms. The van der Waals surface area contributed by atoms with Crippen molar-refractivity contribution in [2.24, 2.45) is 56.7 Å². The van der Waals surface area contributed by atoms with Gasteiger partial charge in [-0.15, -0.1) is 0 Å². The number of hydrogen-bond donors (Lipinski definition) is 1. The number of carbonyl (C=O) groups is 2. The number of esters is 1. The zero-order chi connectivity index (χ0) is 30.3. The average molecular weight is 576 g/mol. The van der Waals surface area contributed by atoms with Gasteiger partial charge in [0.05, 0.1) is 5.41 Å². The molecule has 0 aromatic heterocycles. The smallest absolute Gasteiger partial charge is 0.310 e. The summed E-state index contributed by atoms with van der Waals surface area (Å²) in [5, 5.41) is 10.7. The molecule has 0 bridgehead atoms. The highest BCUT2D eigenvalue weighted by molar-refractivity contribution is 5.76. The molecule has 10 atom stereocenters. The minimum Gasteiger partial charge on any atom is -0.481 e. The second kappa shape index (κ2) is 10.4. The molecule has 6 rings (SSSR count). The van der Waals surface area contributed by atoms with Crippen molar-refractivity contribution < 1.29 is 19.4 Å². The summed E-state index contributed by atoms with van der Waals surface area (Å²) < 4.78 is 6.27. The van der Waals surface area contributed by atoms with E-state index in [4.69, 9.17) is 4.74 Å². The van der Waals surface area contributed by atoms with Gasteiger partial charge in [0, 0.05) is 11.8 Å². The lowest BCUT2D eigenvalue weighted by Gasteiger charge is -2.71. The highest BCUT2D eigenvalue weighted by atomic mass is 16.5. The number of carboxylic acids is 1. The fourth-order valence-electron chi connectivity index (χ4n) is 12.1. The standard InChI is InChI=1S/C38H55O4/c1-24-16-21-38(33(40)41)23-22-36(6)27(32(38)25(24)2)13-14-29-35(5)19-18-30(34(3,4)28(35)17-20-37(29,36)7)42-31(39)15-12-26-10-8-9-11-26/h8-11,13,24-25,28-30,32H,12,14-23H2,1-7H3,(H,40,41)/t24-,25+,28+,29-,30+,32+,35+,36-,37-,38+/m1/s1. The summed E-state index contributed by atoms with van der Waals surface area (Å²) in [6.07, 6.45) is 21.0. The number of aliphatic carboxylic acids is 1. The Balaban J connectivity index is 1.26. The van der Waals surface area contributed by atoms with Gasteiger partial charge in [0.25, 0.3) is 0 Å². The normalized spacial score (nSPS) is 48.2. The largest absolute Gasteiger partial charge is 0.481 e. The zero-order valence-electron chi connectivity index (χ0n) is 27.3. The molecule has 5 saturated carbocycles. The summed E-state index contributed by atoms with van der Waals surface area (Å²) in [4.78, 5) is 25.9. The van der Waals surface area contributed by atoms with Gasteiger partial charge in [-0.1, -0.05) is 60.1 Å². The van der Waals surface area contributed by atoms with E-state index in [0.29, 0.717) is 30.1 Å². The molecule has 5 fully saturated rings. The predicted molar refractivity (Wildman–Crippen MR) is 166 cm³/mol. The van der Waals surface area contributed by atoms with Crippen molar-refractivity contribution in [2.45, 2.75) is 125 Å². The van der Waals surface area contributed by atoms with Crippen molar-refractivity contribution in [1.82, 2.24) is 0 Å². The number of ether oxygens (including phenoxy) is 1.